The molecule has 32 heavy (non-hydrogen) atoms. The molecular formula is C23H24F2N2O4S. The minimum Gasteiger partial charge on any atom is -0.459 e. The SMILES string of the molecule is Cc1c(C(C)NC(=O)C2CCN(S(=O)(=O)c3cc(F)ccc3F)CC2)oc2ccccc12. The van der Waals surface area contributed by atoms with Crippen LogP contribution in [0.5, 0.6) is 0 Å². The smallest absolute Gasteiger partial charge is 0.246 e. The molecule has 1 fully saturated rings. The summed E-state index contributed by atoms with van der Waals surface area (Å²) in [5, 5.41) is 3.95. The molecule has 0 saturated carbocycles. The first-order valence-corrected chi connectivity index (χ1v) is 11.9. The second kappa shape index (κ2) is 8.63. The van der Waals surface area contributed by atoms with Gasteiger partial charge >= 0.3 is 0 Å². The lowest BCUT2D eigenvalue weighted by molar-refractivity contribution is -0.126. The van der Waals surface area contributed by atoms with Crippen LogP contribution in [0.1, 0.15) is 37.1 Å². The van der Waals surface area contributed by atoms with E-state index in [4.69, 9.17) is 4.42 Å². The van der Waals surface area contributed by atoms with Gasteiger partial charge in [-0.2, -0.15) is 4.31 Å². The van der Waals surface area contributed by atoms with Crippen molar-refractivity contribution in [2.45, 2.75) is 37.6 Å². The van der Waals surface area contributed by atoms with Crippen molar-refractivity contribution in [2.24, 2.45) is 5.92 Å². The van der Waals surface area contributed by atoms with E-state index in [9.17, 15) is 22.0 Å². The van der Waals surface area contributed by atoms with Gasteiger partial charge in [0.15, 0.2) is 0 Å². The van der Waals surface area contributed by atoms with Crippen LogP contribution >= 0.6 is 0 Å². The zero-order valence-electron chi connectivity index (χ0n) is 17.8. The van der Waals surface area contributed by atoms with Crippen LogP contribution in [0.3, 0.4) is 0 Å². The van der Waals surface area contributed by atoms with E-state index in [2.05, 4.69) is 5.32 Å². The van der Waals surface area contributed by atoms with Crippen molar-refractivity contribution in [1.82, 2.24) is 9.62 Å². The van der Waals surface area contributed by atoms with Crippen LogP contribution in [0, 0.1) is 24.5 Å². The predicted octanol–water partition coefficient (Wildman–Crippen LogP) is 4.30. The highest BCUT2D eigenvalue weighted by molar-refractivity contribution is 7.89. The Bertz CT molecular complexity index is 1260. The molecule has 3 aromatic rings. The summed E-state index contributed by atoms with van der Waals surface area (Å²) in [7, 11) is -4.18. The summed E-state index contributed by atoms with van der Waals surface area (Å²) in [6.45, 7) is 3.89. The zero-order chi connectivity index (χ0) is 23.0. The van der Waals surface area contributed by atoms with Gasteiger partial charge in [-0.15, -0.1) is 0 Å². The third kappa shape index (κ3) is 4.14. The molecule has 1 aromatic heterocycles. The number of aryl methyl sites for hydroxylation is 1. The molecule has 0 aliphatic carbocycles. The maximum atomic E-state index is 14.0. The van der Waals surface area contributed by atoms with E-state index in [1.54, 1.807) is 0 Å². The van der Waals surface area contributed by atoms with Crippen molar-refractivity contribution >= 4 is 26.9 Å². The third-order valence-corrected chi connectivity index (χ3v) is 7.88. The van der Waals surface area contributed by atoms with Crippen molar-refractivity contribution in [2.75, 3.05) is 13.1 Å². The molecule has 2 heterocycles. The highest BCUT2D eigenvalue weighted by Gasteiger charge is 2.34. The number of furan rings is 1. The summed E-state index contributed by atoms with van der Waals surface area (Å²) < 4.78 is 59.9. The van der Waals surface area contributed by atoms with Gasteiger partial charge in [0.25, 0.3) is 0 Å². The Hall–Kier alpha value is -2.78. The van der Waals surface area contributed by atoms with Gasteiger partial charge in [0, 0.05) is 30.0 Å². The quantitative estimate of drug-likeness (QED) is 0.613. The van der Waals surface area contributed by atoms with Gasteiger partial charge < -0.3 is 9.73 Å². The number of sulfonamides is 1. The summed E-state index contributed by atoms with van der Waals surface area (Å²) >= 11 is 0. The van der Waals surface area contributed by atoms with Crippen LogP contribution in [0.15, 0.2) is 51.8 Å². The number of halogens is 2. The van der Waals surface area contributed by atoms with E-state index in [0.29, 0.717) is 11.8 Å². The molecule has 0 bridgehead atoms. The first-order chi connectivity index (χ1) is 15.2. The number of nitrogens with one attached hydrogen (secondary N) is 1. The minimum absolute atomic E-state index is 0.0500. The maximum absolute atomic E-state index is 14.0. The van der Waals surface area contributed by atoms with Crippen LogP contribution in [0.2, 0.25) is 0 Å². The summed E-state index contributed by atoms with van der Waals surface area (Å²) in [4.78, 5) is 12.1. The summed E-state index contributed by atoms with van der Waals surface area (Å²) in [5.74, 6) is -1.71. The molecule has 0 radical (unpaired) electrons. The molecule has 0 spiro atoms. The van der Waals surface area contributed by atoms with Gasteiger partial charge in [0.2, 0.25) is 15.9 Å². The van der Waals surface area contributed by atoms with Gasteiger partial charge in [-0.3, -0.25) is 4.79 Å². The first-order valence-electron chi connectivity index (χ1n) is 10.4. The van der Waals surface area contributed by atoms with E-state index < -0.39 is 26.6 Å². The number of hydrogen-bond acceptors (Lipinski definition) is 4. The number of benzene rings is 2. The molecule has 1 N–H and O–H groups in total. The maximum Gasteiger partial charge on any atom is 0.246 e. The lowest BCUT2D eigenvalue weighted by Gasteiger charge is -2.31. The predicted molar refractivity (Wildman–Crippen MR) is 115 cm³/mol. The molecule has 170 valence electrons. The Morgan fingerprint density at radius 1 is 1.16 bits per heavy atom. The van der Waals surface area contributed by atoms with Crippen molar-refractivity contribution in [3.63, 3.8) is 0 Å². The largest absolute Gasteiger partial charge is 0.459 e. The van der Waals surface area contributed by atoms with Gasteiger partial charge in [0.05, 0.1) is 6.04 Å². The van der Waals surface area contributed by atoms with E-state index in [1.165, 1.54) is 0 Å². The summed E-state index contributed by atoms with van der Waals surface area (Å²) in [6.07, 6.45) is 0.571. The number of piperidine rings is 1. The fourth-order valence-corrected chi connectivity index (χ4v) is 5.72. The van der Waals surface area contributed by atoms with Crippen molar-refractivity contribution in [1.29, 1.82) is 0 Å². The van der Waals surface area contributed by atoms with Crippen LogP contribution in [-0.2, 0) is 14.8 Å². The van der Waals surface area contributed by atoms with Gasteiger partial charge in [0.1, 0.15) is 27.9 Å². The zero-order valence-corrected chi connectivity index (χ0v) is 18.6. The van der Waals surface area contributed by atoms with Crippen molar-refractivity contribution in [3.8, 4) is 0 Å². The topological polar surface area (TPSA) is 79.6 Å². The number of hydrogen-bond donors (Lipinski definition) is 1. The number of nitrogens with zero attached hydrogens (tertiary/aromatic N) is 1. The van der Waals surface area contributed by atoms with Gasteiger partial charge in [-0.25, -0.2) is 17.2 Å². The fraction of sp³-hybridized carbons (Fsp3) is 0.348. The van der Waals surface area contributed by atoms with Crippen LogP contribution in [-0.4, -0.2) is 31.7 Å². The molecule has 1 amide bonds. The van der Waals surface area contributed by atoms with Gasteiger partial charge in [-0.05, 0) is 51.0 Å². The highest BCUT2D eigenvalue weighted by atomic mass is 32.2. The van der Waals surface area contributed by atoms with Crippen LogP contribution in [0.25, 0.3) is 11.0 Å². The molecular weight excluding hydrogens is 438 g/mol. The number of carbonyl (C=O) groups excluding carboxylic acids is 1. The number of carbonyl (C=O) groups is 1. The molecule has 2 aromatic carbocycles. The molecule has 1 atom stereocenters. The Balaban J connectivity index is 1.41. The Morgan fingerprint density at radius 3 is 2.53 bits per heavy atom. The number of para-hydroxylation sites is 1. The second-order valence-corrected chi connectivity index (χ2v) is 9.98. The Kier molecular flexibility index (Phi) is 6.05. The standard InChI is InChI=1S/C23H24F2N2O4S/c1-14-18-5-3-4-6-20(18)31-22(14)15(2)26-23(28)16-9-11-27(12-10-16)32(29,30)21-13-17(24)7-8-19(21)25/h3-8,13,15-16H,9-12H2,1-2H3,(H,26,28). The van der Waals surface area contributed by atoms with Crippen molar-refractivity contribution in [3.05, 3.63) is 65.4 Å². The molecule has 1 unspecified atom stereocenters. The second-order valence-electron chi connectivity index (χ2n) is 8.07. The molecule has 9 heteroatoms. The normalized spacial score (nSPS) is 16.9. The van der Waals surface area contributed by atoms with Crippen molar-refractivity contribution < 1.29 is 26.4 Å². The summed E-state index contributed by atoms with van der Waals surface area (Å²) in [6, 6.07) is 9.64. The number of fused-ring (bicyclic) bond motifs is 1. The number of amides is 1. The van der Waals surface area contributed by atoms with E-state index in [0.717, 1.165) is 33.0 Å². The minimum atomic E-state index is -4.18. The van der Waals surface area contributed by atoms with E-state index in [-0.39, 0.29) is 43.8 Å². The summed E-state index contributed by atoms with van der Waals surface area (Å²) in [5.41, 5.74) is 1.72. The van der Waals surface area contributed by atoms with Crippen LogP contribution in [0.4, 0.5) is 8.78 Å². The molecule has 6 nitrogen and oxygen atoms in total. The lowest BCUT2D eigenvalue weighted by Crippen LogP contribution is -2.43. The molecule has 1 aliphatic heterocycles. The van der Waals surface area contributed by atoms with E-state index >= 15 is 0 Å². The molecule has 4 rings (SSSR count). The average Bonchev–Trinajstić information content (AvgIpc) is 3.12. The first kappa shape index (κ1) is 22.4. The van der Waals surface area contributed by atoms with E-state index in [1.807, 2.05) is 38.1 Å². The molecule has 1 aliphatic rings. The molecule has 1 saturated heterocycles. The monoisotopic (exact) mass is 462 g/mol. The fourth-order valence-electron chi connectivity index (χ4n) is 4.18. The van der Waals surface area contributed by atoms with Crippen LogP contribution < -0.4 is 5.32 Å². The third-order valence-electron chi connectivity index (χ3n) is 5.97. The number of rotatable bonds is 5. The average molecular weight is 463 g/mol. The Labute approximate surface area is 185 Å². The van der Waals surface area contributed by atoms with Gasteiger partial charge in [-0.1, -0.05) is 18.2 Å². The Morgan fingerprint density at radius 2 is 1.84 bits per heavy atom. The lowest BCUT2D eigenvalue weighted by atomic mass is 9.96. The highest BCUT2D eigenvalue weighted by Crippen LogP contribution is 2.30.